The highest BCUT2D eigenvalue weighted by molar-refractivity contribution is 6.30. The predicted octanol–water partition coefficient (Wildman–Crippen LogP) is 3.43. The third-order valence-corrected chi connectivity index (χ3v) is 3.20. The third kappa shape index (κ3) is 1.70. The van der Waals surface area contributed by atoms with Gasteiger partial charge < -0.3 is 5.11 Å². The van der Waals surface area contributed by atoms with Crippen molar-refractivity contribution in [3.05, 3.63) is 34.3 Å². The summed E-state index contributed by atoms with van der Waals surface area (Å²) in [4.78, 5) is 0. The van der Waals surface area contributed by atoms with E-state index >= 15 is 0 Å². The zero-order chi connectivity index (χ0) is 12.0. The van der Waals surface area contributed by atoms with Crippen LogP contribution in [0.25, 0.3) is 0 Å². The molecule has 0 saturated carbocycles. The van der Waals surface area contributed by atoms with E-state index < -0.39 is 11.8 Å². The SMILES string of the molecule is OC1(C(F)(F)F)CCCc2cc(Cl)ccc21. The minimum atomic E-state index is -4.64. The molecular weight excluding hydrogens is 241 g/mol. The maximum absolute atomic E-state index is 12.8. The molecule has 5 heteroatoms. The van der Waals surface area contributed by atoms with E-state index in [0.29, 0.717) is 23.4 Å². The first kappa shape index (κ1) is 11.7. The molecule has 2 rings (SSSR count). The number of benzene rings is 1. The molecule has 16 heavy (non-hydrogen) atoms. The molecule has 0 amide bonds. The Morgan fingerprint density at radius 3 is 2.62 bits per heavy atom. The first-order valence-corrected chi connectivity index (χ1v) is 5.30. The fourth-order valence-corrected chi connectivity index (χ4v) is 2.33. The van der Waals surface area contributed by atoms with Crippen molar-refractivity contribution in [3.63, 3.8) is 0 Å². The molecule has 88 valence electrons. The van der Waals surface area contributed by atoms with Crippen molar-refractivity contribution in [1.29, 1.82) is 0 Å². The molecule has 1 aromatic carbocycles. The molecule has 0 bridgehead atoms. The van der Waals surface area contributed by atoms with E-state index in [1.54, 1.807) is 0 Å². The maximum Gasteiger partial charge on any atom is 0.421 e. The normalized spacial score (nSPS) is 25.3. The van der Waals surface area contributed by atoms with Crippen LogP contribution >= 0.6 is 11.6 Å². The van der Waals surface area contributed by atoms with Gasteiger partial charge in [0, 0.05) is 5.02 Å². The number of rotatable bonds is 0. The van der Waals surface area contributed by atoms with Crippen LogP contribution in [0.5, 0.6) is 0 Å². The van der Waals surface area contributed by atoms with Crippen LogP contribution in [0.15, 0.2) is 18.2 Å². The Morgan fingerprint density at radius 2 is 2.00 bits per heavy atom. The van der Waals surface area contributed by atoms with Gasteiger partial charge in [0.25, 0.3) is 0 Å². The lowest BCUT2D eigenvalue weighted by molar-refractivity contribution is -0.271. The summed E-state index contributed by atoms with van der Waals surface area (Å²) in [5, 5.41) is 10.2. The van der Waals surface area contributed by atoms with E-state index in [1.165, 1.54) is 18.2 Å². The summed E-state index contributed by atoms with van der Waals surface area (Å²) in [6, 6.07) is 4.14. The van der Waals surface area contributed by atoms with E-state index in [4.69, 9.17) is 11.6 Å². The van der Waals surface area contributed by atoms with Gasteiger partial charge in [0.15, 0.2) is 5.60 Å². The zero-order valence-electron chi connectivity index (χ0n) is 8.31. The Bertz CT molecular complexity index is 416. The minimum Gasteiger partial charge on any atom is -0.376 e. The molecule has 0 fully saturated rings. The highest BCUT2D eigenvalue weighted by Crippen LogP contribution is 2.46. The molecule has 1 aliphatic rings. The van der Waals surface area contributed by atoms with Crippen molar-refractivity contribution in [2.75, 3.05) is 0 Å². The number of aryl methyl sites for hydroxylation is 1. The minimum absolute atomic E-state index is 0.0596. The van der Waals surface area contributed by atoms with Crippen molar-refractivity contribution < 1.29 is 18.3 Å². The largest absolute Gasteiger partial charge is 0.421 e. The Labute approximate surface area is 95.8 Å². The number of hydrogen-bond acceptors (Lipinski definition) is 1. The summed E-state index contributed by atoms with van der Waals surface area (Å²) in [6.45, 7) is 0. The third-order valence-electron chi connectivity index (χ3n) is 2.97. The lowest BCUT2D eigenvalue weighted by Crippen LogP contribution is -2.44. The Kier molecular flexibility index (Phi) is 2.67. The summed E-state index contributed by atoms with van der Waals surface area (Å²) >= 11 is 5.72. The second kappa shape index (κ2) is 3.64. The second-order valence-electron chi connectivity index (χ2n) is 4.01. The molecule has 0 aromatic heterocycles. The standard InChI is InChI=1S/C11H10ClF3O/c12-8-3-4-9-7(6-8)2-1-5-10(9,16)11(13,14)15/h3-4,6,16H,1-2,5H2. The summed E-state index contributed by atoms with van der Waals surface area (Å²) in [5.74, 6) is 0. The molecule has 1 N–H and O–H groups in total. The van der Waals surface area contributed by atoms with Gasteiger partial charge in [-0.3, -0.25) is 0 Å². The monoisotopic (exact) mass is 250 g/mol. The van der Waals surface area contributed by atoms with Gasteiger partial charge >= 0.3 is 6.18 Å². The van der Waals surface area contributed by atoms with Crippen molar-refractivity contribution in [1.82, 2.24) is 0 Å². The van der Waals surface area contributed by atoms with Crippen molar-refractivity contribution in [2.24, 2.45) is 0 Å². The summed E-state index contributed by atoms with van der Waals surface area (Å²) in [6.07, 6.45) is -4.10. The fourth-order valence-electron chi connectivity index (χ4n) is 2.14. The van der Waals surface area contributed by atoms with Gasteiger partial charge in [-0.15, -0.1) is 0 Å². The van der Waals surface area contributed by atoms with Gasteiger partial charge in [-0.25, -0.2) is 0 Å². The van der Waals surface area contributed by atoms with Gasteiger partial charge in [0.05, 0.1) is 0 Å². The molecular formula is C11H10ClF3O. The summed E-state index contributed by atoms with van der Waals surface area (Å²) in [7, 11) is 0. The van der Waals surface area contributed by atoms with Crippen LogP contribution in [-0.2, 0) is 12.0 Å². The Hall–Kier alpha value is -0.740. The van der Waals surface area contributed by atoms with Crippen LogP contribution in [0.2, 0.25) is 5.02 Å². The Morgan fingerprint density at radius 1 is 1.31 bits per heavy atom. The van der Waals surface area contributed by atoms with E-state index in [-0.39, 0.29) is 12.0 Å². The Balaban J connectivity index is 2.56. The topological polar surface area (TPSA) is 20.2 Å². The number of halogens is 4. The lowest BCUT2D eigenvalue weighted by Gasteiger charge is -2.36. The first-order valence-electron chi connectivity index (χ1n) is 4.92. The highest BCUT2D eigenvalue weighted by Gasteiger charge is 2.56. The van der Waals surface area contributed by atoms with Gasteiger partial charge in [-0.1, -0.05) is 17.7 Å². The summed E-state index contributed by atoms with van der Waals surface area (Å²) < 4.78 is 38.5. The van der Waals surface area contributed by atoms with E-state index in [1.807, 2.05) is 0 Å². The van der Waals surface area contributed by atoms with Gasteiger partial charge in [0.1, 0.15) is 0 Å². The molecule has 0 radical (unpaired) electrons. The quantitative estimate of drug-likeness (QED) is 0.748. The van der Waals surface area contributed by atoms with E-state index in [2.05, 4.69) is 0 Å². The highest BCUT2D eigenvalue weighted by atomic mass is 35.5. The van der Waals surface area contributed by atoms with Crippen LogP contribution in [0.4, 0.5) is 13.2 Å². The molecule has 0 saturated heterocycles. The number of fused-ring (bicyclic) bond motifs is 1. The van der Waals surface area contributed by atoms with Crippen molar-refractivity contribution in [2.45, 2.75) is 31.0 Å². The van der Waals surface area contributed by atoms with Crippen molar-refractivity contribution >= 4 is 11.6 Å². The molecule has 1 aromatic rings. The number of aliphatic hydroxyl groups is 1. The average molecular weight is 251 g/mol. The molecule has 0 spiro atoms. The van der Waals surface area contributed by atoms with Gasteiger partial charge in [-0.2, -0.15) is 13.2 Å². The van der Waals surface area contributed by atoms with E-state index in [0.717, 1.165) is 0 Å². The summed E-state index contributed by atoms with van der Waals surface area (Å²) in [5.41, 5.74) is -2.29. The maximum atomic E-state index is 12.8. The number of alkyl halides is 3. The van der Waals surface area contributed by atoms with Gasteiger partial charge in [0.2, 0.25) is 0 Å². The van der Waals surface area contributed by atoms with E-state index in [9.17, 15) is 18.3 Å². The molecule has 1 aliphatic carbocycles. The molecule has 1 nitrogen and oxygen atoms in total. The zero-order valence-corrected chi connectivity index (χ0v) is 9.07. The van der Waals surface area contributed by atoms with Crippen LogP contribution in [0, 0.1) is 0 Å². The van der Waals surface area contributed by atoms with Crippen molar-refractivity contribution in [3.8, 4) is 0 Å². The lowest BCUT2D eigenvalue weighted by atomic mass is 9.79. The average Bonchev–Trinajstić information content (AvgIpc) is 2.15. The molecule has 0 aliphatic heterocycles. The second-order valence-corrected chi connectivity index (χ2v) is 4.45. The number of hydrogen-bond donors (Lipinski definition) is 1. The predicted molar refractivity (Wildman–Crippen MR) is 54.3 cm³/mol. The van der Waals surface area contributed by atoms with Gasteiger partial charge in [-0.05, 0) is 42.5 Å². The first-order chi connectivity index (χ1) is 7.34. The van der Waals surface area contributed by atoms with Crippen LogP contribution in [0.1, 0.15) is 24.0 Å². The molecule has 1 unspecified atom stereocenters. The van der Waals surface area contributed by atoms with Crippen LogP contribution < -0.4 is 0 Å². The van der Waals surface area contributed by atoms with Crippen LogP contribution in [0.3, 0.4) is 0 Å². The smallest absolute Gasteiger partial charge is 0.376 e. The molecule has 1 atom stereocenters. The van der Waals surface area contributed by atoms with Crippen LogP contribution in [-0.4, -0.2) is 11.3 Å². The fraction of sp³-hybridized carbons (Fsp3) is 0.455. The molecule has 0 heterocycles.